The fourth-order valence-electron chi connectivity index (χ4n) is 1.86. The van der Waals surface area contributed by atoms with Crippen molar-refractivity contribution in [1.29, 1.82) is 0 Å². The Labute approximate surface area is 103 Å². The second-order valence-electron chi connectivity index (χ2n) is 4.08. The highest BCUT2D eigenvalue weighted by molar-refractivity contribution is 6.30. The Morgan fingerprint density at radius 3 is 2.53 bits per heavy atom. The summed E-state index contributed by atoms with van der Waals surface area (Å²) in [5.74, 6) is -0.461. The molecular formula is C10H15ClF3NO2. The van der Waals surface area contributed by atoms with Crippen molar-refractivity contribution in [3.8, 4) is 0 Å². The molecule has 0 saturated carbocycles. The number of ether oxygens (including phenoxy) is 1. The molecule has 0 bridgehead atoms. The zero-order chi connectivity index (χ0) is 13.3. The van der Waals surface area contributed by atoms with Crippen LogP contribution >= 0.6 is 11.6 Å². The van der Waals surface area contributed by atoms with E-state index in [2.05, 4.69) is 4.74 Å². The Kier molecular flexibility index (Phi) is 4.30. The third-order valence-electron chi connectivity index (χ3n) is 3.08. The van der Waals surface area contributed by atoms with Gasteiger partial charge < -0.3 is 9.64 Å². The average Bonchev–Trinajstić information content (AvgIpc) is 2.71. The lowest BCUT2D eigenvalue weighted by molar-refractivity contribution is -0.263. The first-order chi connectivity index (χ1) is 7.77. The molecule has 0 aromatic rings. The van der Waals surface area contributed by atoms with E-state index in [0.29, 0.717) is 6.42 Å². The van der Waals surface area contributed by atoms with E-state index in [4.69, 9.17) is 11.6 Å². The van der Waals surface area contributed by atoms with E-state index in [1.54, 1.807) is 6.92 Å². The molecule has 1 fully saturated rings. The minimum Gasteiger partial charge on any atom is -0.367 e. The van der Waals surface area contributed by atoms with Gasteiger partial charge in [0.1, 0.15) is 5.38 Å². The molecule has 2 atom stereocenters. The van der Waals surface area contributed by atoms with Gasteiger partial charge in [-0.15, -0.1) is 11.6 Å². The van der Waals surface area contributed by atoms with E-state index in [9.17, 15) is 18.0 Å². The molecule has 100 valence electrons. The second-order valence-corrected chi connectivity index (χ2v) is 4.61. The maximum absolute atomic E-state index is 12.8. The average molecular weight is 274 g/mol. The normalized spacial score (nSPS) is 27.3. The van der Waals surface area contributed by atoms with E-state index in [-0.39, 0.29) is 13.0 Å². The molecule has 0 aromatic heterocycles. The Morgan fingerprint density at radius 2 is 2.18 bits per heavy atom. The van der Waals surface area contributed by atoms with Gasteiger partial charge in [-0.05, 0) is 6.42 Å². The summed E-state index contributed by atoms with van der Waals surface area (Å²) >= 11 is 5.73. The van der Waals surface area contributed by atoms with Crippen LogP contribution in [0.15, 0.2) is 0 Å². The molecule has 0 aliphatic carbocycles. The molecule has 1 heterocycles. The van der Waals surface area contributed by atoms with Crippen LogP contribution in [0.25, 0.3) is 0 Å². The summed E-state index contributed by atoms with van der Waals surface area (Å²) in [6.45, 7) is 1.25. The quantitative estimate of drug-likeness (QED) is 0.738. The van der Waals surface area contributed by atoms with Gasteiger partial charge in [-0.25, -0.2) is 0 Å². The molecule has 1 rings (SSSR count). The first-order valence-corrected chi connectivity index (χ1v) is 5.76. The molecule has 0 unspecified atom stereocenters. The summed E-state index contributed by atoms with van der Waals surface area (Å²) in [6.07, 6.45) is -4.33. The van der Waals surface area contributed by atoms with E-state index in [1.165, 1.54) is 0 Å². The topological polar surface area (TPSA) is 29.5 Å². The summed E-state index contributed by atoms with van der Waals surface area (Å²) in [4.78, 5) is 12.8. The van der Waals surface area contributed by atoms with Crippen molar-refractivity contribution >= 4 is 17.5 Å². The van der Waals surface area contributed by atoms with Gasteiger partial charge in [0.05, 0.1) is 6.54 Å². The van der Waals surface area contributed by atoms with E-state index in [0.717, 1.165) is 12.0 Å². The predicted octanol–water partition coefficient (Wildman–Crippen LogP) is 2.18. The van der Waals surface area contributed by atoms with Gasteiger partial charge in [-0.2, -0.15) is 13.2 Å². The van der Waals surface area contributed by atoms with Gasteiger partial charge in [-0.3, -0.25) is 4.79 Å². The summed E-state index contributed by atoms with van der Waals surface area (Å²) in [5.41, 5.74) is -2.24. The van der Waals surface area contributed by atoms with E-state index < -0.39 is 29.6 Å². The Morgan fingerprint density at radius 1 is 1.59 bits per heavy atom. The molecule has 17 heavy (non-hydrogen) atoms. The van der Waals surface area contributed by atoms with Crippen molar-refractivity contribution in [2.75, 3.05) is 20.2 Å². The van der Waals surface area contributed by atoms with Crippen LogP contribution in [0.2, 0.25) is 0 Å². The first-order valence-electron chi connectivity index (χ1n) is 5.32. The number of alkyl halides is 4. The maximum Gasteiger partial charge on any atom is 0.419 e. The number of rotatable bonds is 3. The zero-order valence-electron chi connectivity index (χ0n) is 9.68. The number of hydrogen-bond donors (Lipinski definition) is 0. The predicted molar refractivity (Wildman–Crippen MR) is 56.9 cm³/mol. The Bertz CT molecular complexity index is 298. The number of methoxy groups -OCH3 is 1. The van der Waals surface area contributed by atoms with Crippen molar-refractivity contribution in [3.05, 3.63) is 0 Å². The molecule has 1 saturated heterocycles. The van der Waals surface area contributed by atoms with E-state index >= 15 is 0 Å². The number of carbonyl (C=O) groups is 1. The SMILES string of the molecule is CC[C@@H](Cl)C(=O)N1CC[C@@](OC)(C(F)(F)F)C1. The largest absolute Gasteiger partial charge is 0.419 e. The van der Waals surface area contributed by atoms with Gasteiger partial charge in [0.25, 0.3) is 0 Å². The van der Waals surface area contributed by atoms with Crippen molar-refractivity contribution in [1.82, 2.24) is 4.90 Å². The fraction of sp³-hybridized carbons (Fsp3) is 0.900. The maximum atomic E-state index is 12.8. The fourth-order valence-corrected chi connectivity index (χ4v) is 1.99. The van der Waals surface area contributed by atoms with Crippen LogP contribution in [-0.2, 0) is 9.53 Å². The van der Waals surface area contributed by atoms with Crippen LogP contribution in [0.3, 0.4) is 0 Å². The molecule has 1 aliphatic heterocycles. The first kappa shape index (κ1) is 14.6. The smallest absolute Gasteiger partial charge is 0.367 e. The van der Waals surface area contributed by atoms with Crippen LogP contribution in [0.4, 0.5) is 13.2 Å². The third kappa shape index (κ3) is 2.68. The minimum absolute atomic E-state index is 0.0232. The summed E-state index contributed by atoms with van der Waals surface area (Å²) < 4.78 is 43.1. The van der Waals surface area contributed by atoms with Crippen LogP contribution in [0, 0.1) is 0 Å². The number of carbonyl (C=O) groups excluding carboxylic acids is 1. The lowest BCUT2D eigenvalue weighted by Crippen LogP contribution is -2.50. The second kappa shape index (κ2) is 5.02. The van der Waals surface area contributed by atoms with Gasteiger partial charge in [0.2, 0.25) is 5.91 Å². The summed E-state index contributed by atoms with van der Waals surface area (Å²) in [5, 5.41) is -0.768. The molecular weight excluding hydrogens is 259 g/mol. The standard InChI is InChI=1S/C10H15ClF3NO2/c1-3-7(11)8(16)15-5-4-9(6-15,17-2)10(12,13)14/h7H,3-6H2,1-2H3/t7-,9+/m1/s1. The lowest BCUT2D eigenvalue weighted by Gasteiger charge is -2.30. The van der Waals surface area contributed by atoms with Gasteiger partial charge in [0.15, 0.2) is 5.60 Å². The van der Waals surface area contributed by atoms with Crippen molar-refractivity contribution < 1.29 is 22.7 Å². The Hall–Kier alpha value is -0.490. The summed E-state index contributed by atoms with van der Waals surface area (Å²) in [7, 11) is 1.01. The molecule has 0 N–H and O–H groups in total. The minimum atomic E-state index is -4.48. The summed E-state index contributed by atoms with van der Waals surface area (Å²) in [6, 6.07) is 0. The van der Waals surface area contributed by atoms with Gasteiger partial charge in [0, 0.05) is 20.1 Å². The number of likely N-dealkylation sites (tertiary alicyclic amines) is 1. The van der Waals surface area contributed by atoms with Crippen LogP contribution in [0.5, 0.6) is 0 Å². The van der Waals surface area contributed by atoms with Gasteiger partial charge >= 0.3 is 6.18 Å². The molecule has 3 nitrogen and oxygen atoms in total. The number of amides is 1. The Balaban J connectivity index is 2.78. The lowest BCUT2D eigenvalue weighted by atomic mass is 10.0. The highest BCUT2D eigenvalue weighted by atomic mass is 35.5. The molecule has 7 heteroatoms. The monoisotopic (exact) mass is 273 g/mol. The number of halogens is 4. The molecule has 1 amide bonds. The van der Waals surface area contributed by atoms with Crippen LogP contribution in [-0.4, -0.2) is 48.2 Å². The highest BCUT2D eigenvalue weighted by Crippen LogP contribution is 2.40. The van der Waals surface area contributed by atoms with E-state index in [1.807, 2.05) is 0 Å². The molecule has 1 aliphatic rings. The highest BCUT2D eigenvalue weighted by Gasteiger charge is 2.59. The number of hydrogen-bond acceptors (Lipinski definition) is 2. The van der Waals surface area contributed by atoms with Gasteiger partial charge in [-0.1, -0.05) is 6.92 Å². The zero-order valence-corrected chi connectivity index (χ0v) is 10.4. The van der Waals surface area contributed by atoms with Crippen molar-refractivity contribution in [2.24, 2.45) is 0 Å². The van der Waals surface area contributed by atoms with Crippen LogP contribution < -0.4 is 0 Å². The third-order valence-corrected chi connectivity index (χ3v) is 3.57. The van der Waals surface area contributed by atoms with Crippen LogP contribution in [0.1, 0.15) is 19.8 Å². The molecule has 0 aromatic carbocycles. The van der Waals surface area contributed by atoms with Crippen molar-refractivity contribution in [2.45, 2.75) is 36.9 Å². The molecule has 0 radical (unpaired) electrons. The van der Waals surface area contributed by atoms with Crippen molar-refractivity contribution in [3.63, 3.8) is 0 Å². The number of nitrogens with zero attached hydrogens (tertiary/aromatic N) is 1. The molecule has 0 spiro atoms.